The molecule has 7 aromatic rings. The van der Waals surface area contributed by atoms with Crippen LogP contribution in [0, 0.1) is 0 Å². The molecular weight excluding hydrogens is 972 g/mol. The summed E-state index contributed by atoms with van der Waals surface area (Å²) in [6, 6.07) is 67.0. The second-order valence-electron chi connectivity index (χ2n) is 18.7. The van der Waals surface area contributed by atoms with E-state index >= 15 is 0 Å². The van der Waals surface area contributed by atoms with Crippen molar-refractivity contribution in [2.75, 3.05) is 53.4 Å². The van der Waals surface area contributed by atoms with Crippen LogP contribution in [-0.2, 0) is 74.3 Å². The predicted molar refractivity (Wildman–Crippen MR) is 283 cm³/mol. The first-order valence-electron chi connectivity index (χ1n) is 24.7. The molecule has 1 N–H and O–H groups in total. The summed E-state index contributed by atoms with van der Waals surface area (Å²) in [4.78, 5) is 36.2. The highest BCUT2D eigenvalue weighted by atomic mass is 35.5. The van der Waals surface area contributed by atoms with Crippen molar-refractivity contribution in [2.45, 2.75) is 54.4 Å². The van der Waals surface area contributed by atoms with Crippen LogP contribution in [0.5, 0.6) is 0 Å². The summed E-state index contributed by atoms with van der Waals surface area (Å²) >= 11 is 6.04. The van der Waals surface area contributed by atoms with Crippen molar-refractivity contribution in [1.29, 1.82) is 0 Å². The fourth-order valence-electron chi connectivity index (χ4n) is 9.51. The quantitative estimate of drug-likeness (QED) is 0.123. The Hall–Kier alpha value is -7.00. The van der Waals surface area contributed by atoms with E-state index in [-0.39, 0.29) is 33.0 Å². The lowest BCUT2D eigenvalue weighted by molar-refractivity contribution is -0.290. The topological polar surface area (TPSA) is 145 Å². The van der Waals surface area contributed by atoms with Crippen LogP contribution in [0.4, 0.5) is 0 Å². The molecule has 0 amide bonds. The normalized spacial score (nSPS) is 18.5. The van der Waals surface area contributed by atoms with Crippen molar-refractivity contribution in [2.24, 2.45) is 0 Å². The summed E-state index contributed by atoms with van der Waals surface area (Å²) in [5.41, 5.74) is 5.46. The molecule has 10 rings (SSSR count). The van der Waals surface area contributed by atoms with Crippen molar-refractivity contribution in [3.05, 3.63) is 250 Å². The minimum absolute atomic E-state index is 0.226. The van der Waals surface area contributed by atoms with Gasteiger partial charge in [-0.25, -0.2) is 14.4 Å². The number of carbonyl (C=O) groups is 3. The van der Waals surface area contributed by atoms with E-state index in [1.165, 1.54) is 14.0 Å². The minimum atomic E-state index is -1.63. The van der Waals surface area contributed by atoms with Crippen LogP contribution in [0.25, 0.3) is 0 Å². The van der Waals surface area contributed by atoms with E-state index in [0.29, 0.717) is 23.8 Å². The predicted octanol–water partition coefficient (Wildman–Crippen LogP) is 10.8. The lowest BCUT2D eigenvalue weighted by Gasteiger charge is -2.45. The SMILES string of the molecule is CC1(C(=O)O)OCC(c2ccccc2)(c2ccccc2)CO1.CCOC(=O)C1(c2ccc(Cl)cc2)OCC(c2ccccc2)(c2ccccc2)CO1.COC(=O)C1(C)OCC(c2ccccc2)(c2ccccc2)CO1. The number of carbonyl (C=O) groups excluding carboxylic acids is 2. The van der Waals surface area contributed by atoms with Gasteiger partial charge in [-0.3, -0.25) is 0 Å². The zero-order valence-corrected chi connectivity index (χ0v) is 43.2. The molecule has 0 unspecified atom stereocenters. The van der Waals surface area contributed by atoms with Gasteiger partial charge in [0.1, 0.15) is 0 Å². The standard InChI is InChI=1S/C25H23ClO4.C19H20O4.C18H18O4/c1-2-28-23(27)25(21-13-15-22(26)16-14-21)29-17-24(18-30-25,19-9-5-3-6-10-19)20-11-7-4-8-12-20;1-18(17(20)21-2)22-13-19(14-23-18,15-9-5-3-6-10-15)16-11-7-4-8-12-16;1-17(16(19)20)21-12-18(13-22-17,14-8-4-2-5-9-14)15-10-6-3-7-11-15/h3-16H,2,17-18H2,1H3;3-12H,13-14H2,1-2H3;2-11H,12-13H2,1H3,(H,19,20). The van der Waals surface area contributed by atoms with Gasteiger partial charge in [-0.2, -0.15) is 0 Å². The molecular formula is C62H61ClO12. The maximum atomic E-state index is 13.0. The third kappa shape index (κ3) is 11.3. The Balaban J connectivity index is 0.000000152. The smallest absolute Gasteiger partial charge is 0.372 e. The molecule has 75 heavy (non-hydrogen) atoms. The molecule has 0 bridgehead atoms. The summed E-state index contributed by atoms with van der Waals surface area (Å²) in [5.74, 6) is -6.78. The van der Waals surface area contributed by atoms with E-state index in [9.17, 15) is 19.5 Å². The Morgan fingerprint density at radius 3 is 0.973 bits per heavy atom. The lowest BCUT2D eigenvalue weighted by Crippen LogP contribution is -2.55. The number of halogens is 1. The van der Waals surface area contributed by atoms with Gasteiger partial charge in [0.25, 0.3) is 17.4 Å². The Labute approximate surface area is 443 Å². The minimum Gasteiger partial charge on any atom is -0.477 e. The molecule has 0 aliphatic carbocycles. The molecule has 388 valence electrons. The van der Waals surface area contributed by atoms with E-state index in [1.54, 1.807) is 38.1 Å². The van der Waals surface area contributed by atoms with Crippen LogP contribution in [0.1, 0.15) is 59.7 Å². The van der Waals surface area contributed by atoms with Crippen LogP contribution in [0.2, 0.25) is 5.02 Å². The second-order valence-corrected chi connectivity index (χ2v) is 19.1. The molecule has 3 aliphatic rings. The number of aliphatic carboxylic acids is 1. The number of ether oxygens (including phenoxy) is 8. The number of rotatable bonds is 11. The monoisotopic (exact) mass is 1030 g/mol. The number of esters is 2. The van der Waals surface area contributed by atoms with E-state index in [1.807, 2.05) is 133 Å². The second kappa shape index (κ2) is 23.7. The molecule has 0 atom stereocenters. The fraction of sp³-hybridized carbons (Fsp3) is 0.274. The lowest BCUT2D eigenvalue weighted by atomic mass is 9.75. The van der Waals surface area contributed by atoms with E-state index in [4.69, 9.17) is 49.5 Å². The summed E-state index contributed by atoms with van der Waals surface area (Å²) in [6.07, 6.45) is 0. The number of carboxylic acids is 1. The molecule has 3 aliphatic heterocycles. The van der Waals surface area contributed by atoms with Gasteiger partial charge in [-0.15, -0.1) is 0 Å². The maximum absolute atomic E-state index is 13.0. The van der Waals surface area contributed by atoms with Crippen molar-refractivity contribution < 1.29 is 57.4 Å². The molecule has 0 aromatic heterocycles. The van der Waals surface area contributed by atoms with Gasteiger partial charge in [-0.05, 0) is 52.4 Å². The zero-order chi connectivity index (χ0) is 53.0. The molecule has 3 fully saturated rings. The van der Waals surface area contributed by atoms with E-state index < -0.39 is 51.5 Å². The van der Waals surface area contributed by atoms with Gasteiger partial charge in [-0.1, -0.05) is 206 Å². The van der Waals surface area contributed by atoms with Crippen molar-refractivity contribution in [3.8, 4) is 0 Å². The molecule has 0 spiro atoms. The number of hydrogen-bond donors (Lipinski definition) is 1. The Morgan fingerprint density at radius 1 is 0.427 bits per heavy atom. The Morgan fingerprint density at radius 2 is 0.707 bits per heavy atom. The highest BCUT2D eigenvalue weighted by molar-refractivity contribution is 6.30. The molecule has 7 aromatic carbocycles. The van der Waals surface area contributed by atoms with Gasteiger partial charge in [0.2, 0.25) is 0 Å². The summed E-state index contributed by atoms with van der Waals surface area (Å²) < 4.78 is 45.6. The third-order valence-electron chi connectivity index (χ3n) is 14.1. The molecule has 12 nitrogen and oxygen atoms in total. The molecule has 0 saturated carbocycles. The Kier molecular flexibility index (Phi) is 17.1. The number of carboxylic acid groups (broad SMARTS) is 1. The molecule has 0 radical (unpaired) electrons. The molecule has 3 heterocycles. The number of hydrogen-bond acceptors (Lipinski definition) is 11. The Bertz CT molecular complexity index is 2790. The van der Waals surface area contributed by atoms with Gasteiger partial charge in [0, 0.05) is 24.4 Å². The highest BCUT2D eigenvalue weighted by Gasteiger charge is 2.54. The number of benzene rings is 7. The van der Waals surface area contributed by atoms with E-state index in [2.05, 4.69) is 48.5 Å². The summed E-state index contributed by atoms with van der Waals surface area (Å²) in [7, 11) is 1.33. The van der Waals surface area contributed by atoms with Gasteiger partial charge in [0.05, 0.1) is 69.6 Å². The van der Waals surface area contributed by atoms with E-state index in [0.717, 1.165) is 33.4 Å². The molecule has 3 saturated heterocycles. The third-order valence-corrected chi connectivity index (χ3v) is 14.3. The summed E-state index contributed by atoms with van der Waals surface area (Å²) in [6.45, 7) is 6.71. The highest BCUT2D eigenvalue weighted by Crippen LogP contribution is 2.44. The van der Waals surface area contributed by atoms with Crippen LogP contribution in [-0.4, -0.2) is 87.9 Å². The fourth-order valence-corrected chi connectivity index (χ4v) is 9.64. The van der Waals surface area contributed by atoms with Crippen molar-refractivity contribution in [3.63, 3.8) is 0 Å². The number of methoxy groups -OCH3 is 1. The first-order chi connectivity index (χ1) is 36.3. The van der Waals surface area contributed by atoms with Crippen LogP contribution in [0.3, 0.4) is 0 Å². The van der Waals surface area contributed by atoms with Crippen molar-refractivity contribution >= 4 is 29.5 Å². The zero-order valence-electron chi connectivity index (χ0n) is 42.4. The average molecular weight is 1030 g/mol. The van der Waals surface area contributed by atoms with Crippen LogP contribution < -0.4 is 0 Å². The molecule has 13 heteroatoms. The van der Waals surface area contributed by atoms with Gasteiger partial charge < -0.3 is 43.0 Å². The largest absolute Gasteiger partial charge is 0.477 e. The summed E-state index contributed by atoms with van der Waals surface area (Å²) in [5, 5.41) is 9.83. The first-order valence-corrected chi connectivity index (χ1v) is 25.1. The van der Waals surface area contributed by atoms with Crippen molar-refractivity contribution in [1.82, 2.24) is 0 Å². The van der Waals surface area contributed by atoms with Crippen LogP contribution in [0.15, 0.2) is 206 Å². The average Bonchev–Trinajstić information content (AvgIpc) is 3.48. The van der Waals surface area contributed by atoms with Crippen LogP contribution >= 0.6 is 11.6 Å². The first kappa shape index (κ1) is 54.3. The van der Waals surface area contributed by atoms with Gasteiger partial charge >= 0.3 is 17.9 Å². The van der Waals surface area contributed by atoms with Gasteiger partial charge in [0.15, 0.2) is 0 Å². The maximum Gasteiger partial charge on any atom is 0.372 e.